The standard InChI is InChI=1S/C16H32N2/c1-14(17-2)8-5-6-12-18-13-7-10-15-9-3-4-11-16(15)18/h14-17H,3-13H2,1-2H3/t14?,15-,16-/m1/s1. The summed E-state index contributed by atoms with van der Waals surface area (Å²) in [7, 11) is 2.07. The molecule has 0 aromatic rings. The molecule has 18 heavy (non-hydrogen) atoms. The van der Waals surface area contributed by atoms with Gasteiger partial charge in [0.2, 0.25) is 0 Å². The van der Waals surface area contributed by atoms with Gasteiger partial charge in [0, 0.05) is 12.1 Å². The largest absolute Gasteiger partial charge is 0.317 e. The second kappa shape index (κ2) is 7.49. The van der Waals surface area contributed by atoms with E-state index in [1.165, 1.54) is 70.9 Å². The second-order valence-corrected chi connectivity index (χ2v) is 6.48. The maximum atomic E-state index is 3.34. The smallest absolute Gasteiger partial charge is 0.0123 e. The zero-order valence-electron chi connectivity index (χ0n) is 12.5. The van der Waals surface area contributed by atoms with E-state index in [0.29, 0.717) is 6.04 Å². The molecule has 3 atom stereocenters. The number of nitrogens with one attached hydrogen (secondary N) is 1. The average Bonchev–Trinajstić information content (AvgIpc) is 2.43. The Kier molecular flexibility index (Phi) is 5.97. The van der Waals surface area contributed by atoms with Crippen molar-refractivity contribution in [3.05, 3.63) is 0 Å². The van der Waals surface area contributed by atoms with Crippen LogP contribution in [0.3, 0.4) is 0 Å². The van der Waals surface area contributed by atoms with Crippen LogP contribution in [0.5, 0.6) is 0 Å². The van der Waals surface area contributed by atoms with Gasteiger partial charge in [-0.05, 0) is 71.5 Å². The molecule has 0 radical (unpaired) electrons. The van der Waals surface area contributed by atoms with Gasteiger partial charge >= 0.3 is 0 Å². The number of nitrogens with zero attached hydrogens (tertiary/aromatic N) is 1. The van der Waals surface area contributed by atoms with Gasteiger partial charge in [-0.25, -0.2) is 0 Å². The number of rotatable bonds is 6. The van der Waals surface area contributed by atoms with E-state index in [1.807, 2.05) is 0 Å². The second-order valence-electron chi connectivity index (χ2n) is 6.48. The fraction of sp³-hybridized carbons (Fsp3) is 1.00. The van der Waals surface area contributed by atoms with Crippen molar-refractivity contribution in [3.8, 4) is 0 Å². The summed E-state index contributed by atoms with van der Waals surface area (Å²) < 4.78 is 0. The third kappa shape index (κ3) is 3.96. The average molecular weight is 252 g/mol. The molecule has 0 bridgehead atoms. The van der Waals surface area contributed by atoms with Crippen molar-refractivity contribution in [1.29, 1.82) is 0 Å². The molecule has 2 fully saturated rings. The van der Waals surface area contributed by atoms with Crippen LogP contribution in [0.25, 0.3) is 0 Å². The number of unbranched alkanes of at least 4 members (excludes halogenated alkanes) is 1. The first-order valence-corrected chi connectivity index (χ1v) is 8.22. The van der Waals surface area contributed by atoms with Crippen LogP contribution in [-0.2, 0) is 0 Å². The van der Waals surface area contributed by atoms with E-state index < -0.39 is 0 Å². The van der Waals surface area contributed by atoms with Gasteiger partial charge < -0.3 is 10.2 Å². The Balaban J connectivity index is 1.67. The van der Waals surface area contributed by atoms with Crippen LogP contribution in [0.2, 0.25) is 0 Å². The lowest BCUT2D eigenvalue weighted by molar-refractivity contribution is 0.0594. The minimum absolute atomic E-state index is 0.689. The molecule has 2 heteroatoms. The normalized spacial score (nSPS) is 31.0. The summed E-state index contributed by atoms with van der Waals surface area (Å²) in [6, 6.07) is 1.64. The molecule has 1 heterocycles. The molecule has 2 nitrogen and oxygen atoms in total. The van der Waals surface area contributed by atoms with E-state index in [4.69, 9.17) is 0 Å². The van der Waals surface area contributed by atoms with E-state index in [2.05, 4.69) is 24.2 Å². The van der Waals surface area contributed by atoms with Gasteiger partial charge in [0.15, 0.2) is 0 Å². The van der Waals surface area contributed by atoms with Crippen molar-refractivity contribution in [2.45, 2.75) is 76.8 Å². The zero-order chi connectivity index (χ0) is 12.8. The number of piperidine rings is 1. The quantitative estimate of drug-likeness (QED) is 0.729. The molecule has 1 saturated carbocycles. The Morgan fingerprint density at radius 1 is 1.11 bits per heavy atom. The van der Waals surface area contributed by atoms with Crippen LogP contribution in [0.4, 0.5) is 0 Å². The van der Waals surface area contributed by atoms with Gasteiger partial charge in [-0.15, -0.1) is 0 Å². The van der Waals surface area contributed by atoms with E-state index in [-0.39, 0.29) is 0 Å². The first-order chi connectivity index (χ1) is 8.81. The van der Waals surface area contributed by atoms with Crippen molar-refractivity contribution in [1.82, 2.24) is 10.2 Å². The van der Waals surface area contributed by atoms with Crippen molar-refractivity contribution in [3.63, 3.8) is 0 Å². The van der Waals surface area contributed by atoms with Crippen molar-refractivity contribution >= 4 is 0 Å². The summed E-state index contributed by atoms with van der Waals surface area (Å²) in [6.45, 7) is 5.03. The number of likely N-dealkylation sites (tertiary alicyclic amines) is 1. The lowest BCUT2D eigenvalue weighted by atomic mass is 9.78. The van der Waals surface area contributed by atoms with Crippen LogP contribution in [0.1, 0.15) is 64.7 Å². The molecule has 1 saturated heterocycles. The fourth-order valence-electron chi connectivity index (χ4n) is 3.92. The highest BCUT2D eigenvalue weighted by molar-refractivity contribution is 4.87. The van der Waals surface area contributed by atoms with Crippen LogP contribution in [-0.4, -0.2) is 37.1 Å². The summed E-state index contributed by atoms with van der Waals surface area (Å²) in [5.41, 5.74) is 0. The predicted molar refractivity (Wildman–Crippen MR) is 78.9 cm³/mol. The molecule has 1 N–H and O–H groups in total. The van der Waals surface area contributed by atoms with Gasteiger partial charge in [-0.1, -0.05) is 19.3 Å². The summed E-state index contributed by atoms with van der Waals surface area (Å²) in [6.07, 6.45) is 13.0. The molecular formula is C16H32N2. The highest BCUT2D eigenvalue weighted by Gasteiger charge is 2.32. The summed E-state index contributed by atoms with van der Waals surface area (Å²) in [4.78, 5) is 2.83. The van der Waals surface area contributed by atoms with E-state index in [1.54, 1.807) is 0 Å². The highest BCUT2D eigenvalue weighted by Crippen LogP contribution is 2.35. The number of hydrogen-bond donors (Lipinski definition) is 1. The predicted octanol–water partition coefficient (Wildman–Crippen LogP) is 3.42. The Morgan fingerprint density at radius 2 is 1.89 bits per heavy atom. The maximum Gasteiger partial charge on any atom is 0.0123 e. The number of hydrogen-bond acceptors (Lipinski definition) is 2. The van der Waals surface area contributed by atoms with Gasteiger partial charge in [0.05, 0.1) is 0 Å². The van der Waals surface area contributed by atoms with Crippen LogP contribution in [0, 0.1) is 5.92 Å². The first-order valence-electron chi connectivity index (χ1n) is 8.22. The molecule has 2 rings (SSSR count). The molecule has 0 aromatic heterocycles. The molecule has 0 aromatic carbocycles. The first kappa shape index (κ1) is 14.3. The monoisotopic (exact) mass is 252 g/mol. The molecule has 1 unspecified atom stereocenters. The third-order valence-corrected chi connectivity index (χ3v) is 5.18. The molecule has 1 aliphatic heterocycles. The fourth-order valence-corrected chi connectivity index (χ4v) is 3.92. The molecular weight excluding hydrogens is 220 g/mol. The minimum Gasteiger partial charge on any atom is -0.317 e. The Labute approximate surface area is 114 Å². The molecule has 0 amide bonds. The lowest BCUT2D eigenvalue weighted by Crippen LogP contribution is -2.47. The summed E-state index contributed by atoms with van der Waals surface area (Å²) in [5.74, 6) is 1.05. The summed E-state index contributed by atoms with van der Waals surface area (Å²) in [5, 5.41) is 3.34. The molecule has 0 spiro atoms. The zero-order valence-corrected chi connectivity index (χ0v) is 12.5. The Morgan fingerprint density at radius 3 is 2.72 bits per heavy atom. The molecule has 2 aliphatic rings. The van der Waals surface area contributed by atoms with Crippen molar-refractivity contribution in [2.24, 2.45) is 5.92 Å². The van der Waals surface area contributed by atoms with Crippen molar-refractivity contribution < 1.29 is 0 Å². The Hall–Kier alpha value is -0.0800. The number of fused-ring (bicyclic) bond motifs is 1. The minimum atomic E-state index is 0.689. The SMILES string of the molecule is CNC(C)CCCCN1CCC[C@H]2CCCC[C@H]21. The van der Waals surface area contributed by atoms with Gasteiger partial charge in [-0.3, -0.25) is 0 Å². The van der Waals surface area contributed by atoms with Gasteiger partial charge in [0.1, 0.15) is 0 Å². The lowest BCUT2D eigenvalue weighted by Gasteiger charge is -2.44. The van der Waals surface area contributed by atoms with Crippen LogP contribution >= 0.6 is 0 Å². The van der Waals surface area contributed by atoms with E-state index in [9.17, 15) is 0 Å². The third-order valence-electron chi connectivity index (χ3n) is 5.18. The highest BCUT2D eigenvalue weighted by atomic mass is 15.2. The van der Waals surface area contributed by atoms with E-state index >= 15 is 0 Å². The van der Waals surface area contributed by atoms with Crippen LogP contribution in [0.15, 0.2) is 0 Å². The maximum absolute atomic E-state index is 3.34. The molecule has 1 aliphatic carbocycles. The molecule has 106 valence electrons. The van der Waals surface area contributed by atoms with Crippen LogP contribution < -0.4 is 5.32 Å². The topological polar surface area (TPSA) is 15.3 Å². The van der Waals surface area contributed by atoms with Crippen molar-refractivity contribution in [2.75, 3.05) is 20.1 Å². The van der Waals surface area contributed by atoms with E-state index in [0.717, 1.165) is 12.0 Å². The van der Waals surface area contributed by atoms with Gasteiger partial charge in [0.25, 0.3) is 0 Å². The Bertz CT molecular complexity index is 227. The summed E-state index contributed by atoms with van der Waals surface area (Å²) >= 11 is 0. The van der Waals surface area contributed by atoms with Gasteiger partial charge in [-0.2, -0.15) is 0 Å².